The zero-order chi connectivity index (χ0) is 15.6. The van der Waals surface area contributed by atoms with Gasteiger partial charge in [0.2, 0.25) is 0 Å². The third kappa shape index (κ3) is 5.48. The molecule has 1 saturated carbocycles. The van der Waals surface area contributed by atoms with E-state index in [1.165, 1.54) is 0 Å². The first-order chi connectivity index (χ1) is 9.08. The van der Waals surface area contributed by atoms with Gasteiger partial charge >= 0.3 is 0 Å². The highest BCUT2D eigenvalue weighted by atomic mass is 16.6. The van der Waals surface area contributed by atoms with Crippen molar-refractivity contribution < 1.29 is 19.4 Å². The Hall–Kier alpha value is -0.490. The second kappa shape index (κ2) is 6.52. The average molecular weight is 286 g/mol. The van der Waals surface area contributed by atoms with Gasteiger partial charge in [0.1, 0.15) is 6.29 Å². The maximum absolute atomic E-state index is 11.8. The number of likely N-dealkylation sites (N-methyl/N-ethyl adjacent to an activating group) is 1. The summed E-state index contributed by atoms with van der Waals surface area (Å²) in [6.07, 6.45) is -0.0408. The van der Waals surface area contributed by atoms with Crippen LogP contribution < -0.4 is 5.11 Å². The zero-order valence-corrected chi connectivity index (χ0v) is 13.5. The normalized spacial score (nSPS) is 26.9. The van der Waals surface area contributed by atoms with Crippen LogP contribution in [0.25, 0.3) is 0 Å². The molecule has 3 atom stereocenters. The molecule has 1 fully saturated rings. The fourth-order valence-corrected chi connectivity index (χ4v) is 2.48. The Kier molecular flexibility index (Phi) is 5.72. The van der Waals surface area contributed by atoms with Crippen molar-refractivity contribution >= 4 is 6.29 Å². The van der Waals surface area contributed by atoms with Crippen molar-refractivity contribution in [3.8, 4) is 0 Å². The number of nitrogens with zero attached hydrogens (tertiary/aromatic N) is 1. The number of aldehydes is 1. The molecule has 0 aromatic heterocycles. The summed E-state index contributed by atoms with van der Waals surface area (Å²) in [7, 11) is 3.92. The molecule has 0 amide bonds. The molecule has 0 aliphatic heterocycles. The molecule has 0 radical (unpaired) electrons. The zero-order valence-electron chi connectivity index (χ0n) is 13.5. The second-order valence-electron chi connectivity index (χ2n) is 7.23. The molecule has 3 unspecified atom stereocenters. The SMILES string of the molecule is CN(C)CCOC1C([O-])C1OC(C)(C)CC(C)(C)C=O. The van der Waals surface area contributed by atoms with Crippen molar-refractivity contribution in [2.75, 3.05) is 27.2 Å². The third-order valence-corrected chi connectivity index (χ3v) is 3.33. The van der Waals surface area contributed by atoms with Gasteiger partial charge < -0.3 is 24.3 Å². The van der Waals surface area contributed by atoms with Crippen LogP contribution in [0.1, 0.15) is 34.1 Å². The first-order valence-corrected chi connectivity index (χ1v) is 7.14. The van der Waals surface area contributed by atoms with Gasteiger partial charge in [-0.2, -0.15) is 0 Å². The molecular weight excluding hydrogens is 258 g/mol. The van der Waals surface area contributed by atoms with Crippen molar-refractivity contribution in [3.05, 3.63) is 0 Å². The molecule has 1 rings (SSSR count). The number of hydrogen-bond acceptors (Lipinski definition) is 5. The van der Waals surface area contributed by atoms with Crippen LogP contribution >= 0.6 is 0 Å². The first-order valence-electron chi connectivity index (χ1n) is 7.14. The van der Waals surface area contributed by atoms with Crippen molar-refractivity contribution in [2.24, 2.45) is 5.41 Å². The first kappa shape index (κ1) is 17.6. The van der Waals surface area contributed by atoms with E-state index in [4.69, 9.17) is 9.47 Å². The lowest BCUT2D eigenvalue weighted by Crippen LogP contribution is -2.34. The summed E-state index contributed by atoms with van der Waals surface area (Å²) in [5, 5.41) is 11.8. The van der Waals surface area contributed by atoms with E-state index in [1.807, 2.05) is 46.7 Å². The topological polar surface area (TPSA) is 61.8 Å². The third-order valence-electron chi connectivity index (χ3n) is 3.33. The number of carbonyl (C=O) groups excluding carboxylic acids is 1. The Bertz CT molecular complexity index is 328. The van der Waals surface area contributed by atoms with Gasteiger partial charge in [-0.25, -0.2) is 0 Å². The lowest BCUT2D eigenvalue weighted by atomic mass is 9.83. The lowest BCUT2D eigenvalue weighted by Gasteiger charge is -2.32. The Morgan fingerprint density at radius 3 is 2.30 bits per heavy atom. The average Bonchev–Trinajstić information content (AvgIpc) is 2.86. The van der Waals surface area contributed by atoms with Crippen LogP contribution in [-0.2, 0) is 14.3 Å². The molecule has 1 aliphatic carbocycles. The van der Waals surface area contributed by atoms with Crippen LogP contribution in [0.3, 0.4) is 0 Å². The van der Waals surface area contributed by atoms with E-state index in [2.05, 4.69) is 0 Å². The standard InChI is InChI=1S/C15H28NO4/c1-14(2,10-17)9-15(3,4)20-13-11(18)12(13)19-8-7-16(5)6/h10-13H,7-9H2,1-6H3/q-1. The molecule has 0 bridgehead atoms. The minimum atomic E-state index is -0.809. The van der Waals surface area contributed by atoms with Crippen molar-refractivity contribution in [3.63, 3.8) is 0 Å². The summed E-state index contributed by atoms with van der Waals surface area (Å²) in [5.41, 5.74) is -0.949. The van der Waals surface area contributed by atoms with Crippen molar-refractivity contribution in [1.29, 1.82) is 0 Å². The molecule has 0 spiro atoms. The highest BCUT2D eigenvalue weighted by molar-refractivity contribution is 5.58. The molecule has 0 saturated heterocycles. The van der Waals surface area contributed by atoms with Gasteiger partial charge in [0, 0.05) is 12.0 Å². The van der Waals surface area contributed by atoms with Gasteiger partial charge in [-0.15, -0.1) is 0 Å². The summed E-state index contributed by atoms with van der Waals surface area (Å²) in [5.74, 6) is 0. The van der Waals surface area contributed by atoms with Crippen LogP contribution in [0.4, 0.5) is 0 Å². The summed E-state index contributed by atoms with van der Waals surface area (Å²) >= 11 is 0. The summed E-state index contributed by atoms with van der Waals surface area (Å²) < 4.78 is 11.4. The van der Waals surface area contributed by atoms with Gasteiger partial charge in [-0.05, 0) is 34.4 Å². The van der Waals surface area contributed by atoms with E-state index >= 15 is 0 Å². The minimum absolute atomic E-state index is 0.353. The van der Waals surface area contributed by atoms with Gasteiger partial charge in [0.05, 0.1) is 24.4 Å². The number of hydrogen-bond donors (Lipinski definition) is 0. The smallest absolute Gasteiger partial charge is 0.125 e. The predicted molar refractivity (Wildman–Crippen MR) is 75.5 cm³/mol. The monoisotopic (exact) mass is 286 g/mol. The molecule has 5 heteroatoms. The van der Waals surface area contributed by atoms with Crippen molar-refractivity contribution in [1.82, 2.24) is 4.90 Å². The Morgan fingerprint density at radius 2 is 1.80 bits per heavy atom. The van der Waals surface area contributed by atoms with Gasteiger partial charge in [0.25, 0.3) is 0 Å². The summed E-state index contributed by atoms with van der Waals surface area (Å²) in [6.45, 7) is 8.91. The lowest BCUT2D eigenvalue weighted by molar-refractivity contribution is -0.400. The van der Waals surface area contributed by atoms with Crippen LogP contribution in [0.15, 0.2) is 0 Å². The van der Waals surface area contributed by atoms with Crippen LogP contribution in [-0.4, -0.2) is 62.3 Å². The number of ether oxygens (including phenoxy) is 2. The van der Waals surface area contributed by atoms with Crippen LogP contribution in [0.5, 0.6) is 0 Å². The number of rotatable bonds is 9. The maximum Gasteiger partial charge on any atom is 0.125 e. The largest absolute Gasteiger partial charge is 0.848 e. The molecule has 0 aromatic rings. The number of carbonyl (C=O) groups is 1. The predicted octanol–water partition coefficient (Wildman–Crippen LogP) is 0.455. The molecule has 20 heavy (non-hydrogen) atoms. The molecule has 118 valence electrons. The minimum Gasteiger partial charge on any atom is -0.848 e. The molecule has 0 heterocycles. The van der Waals surface area contributed by atoms with E-state index < -0.39 is 23.2 Å². The van der Waals surface area contributed by atoms with E-state index in [0.717, 1.165) is 12.8 Å². The van der Waals surface area contributed by atoms with E-state index in [0.29, 0.717) is 13.0 Å². The molecule has 0 N–H and O–H groups in total. The molecule has 0 aromatic carbocycles. The Labute approximate surface area is 122 Å². The maximum atomic E-state index is 11.8. The summed E-state index contributed by atoms with van der Waals surface area (Å²) in [6, 6.07) is 0. The quantitative estimate of drug-likeness (QED) is 0.576. The van der Waals surface area contributed by atoms with Crippen molar-refractivity contribution in [2.45, 2.75) is 58.0 Å². The van der Waals surface area contributed by atoms with Gasteiger partial charge in [-0.1, -0.05) is 20.0 Å². The van der Waals surface area contributed by atoms with Crippen LogP contribution in [0, 0.1) is 5.41 Å². The second-order valence-corrected chi connectivity index (χ2v) is 7.23. The fourth-order valence-electron chi connectivity index (χ4n) is 2.48. The summed E-state index contributed by atoms with van der Waals surface area (Å²) in [4.78, 5) is 13.0. The molecular formula is C15H28NO4-. The molecule has 5 nitrogen and oxygen atoms in total. The molecule has 1 aliphatic rings. The Balaban J connectivity index is 2.39. The highest BCUT2D eigenvalue weighted by Crippen LogP contribution is 2.36. The van der Waals surface area contributed by atoms with E-state index in [1.54, 1.807) is 0 Å². The van der Waals surface area contributed by atoms with E-state index in [9.17, 15) is 9.90 Å². The van der Waals surface area contributed by atoms with E-state index in [-0.39, 0.29) is 6.10 Å². The highest BCUT2D eigenvalue weighted by Gasteiger charge is 2.47. The fraction of sp³-hybridized carbons (Fsp3) is 0.933. The van der Waals surface area contributed by atoms with Crippen LogP contribution in [0.2, 0.25) is 0 Å². The van der Waals surface area contributed by atoms with Gasteiger partial charge in [-0.3, -0.25) is 0 Å². The van der Waals surface area contributed by atoms with Gasteiger partial charge in [0.15, 0.2) is 0 Å². The Morgan fingerprint density at radius 1 is 1.20 bits per heavy atom.